The lowest BCUT2D eigenvalue weighted by Gasteiger charge is -2.24. The lowest BCUT2D eigenvalue weighted by atomic mass is 9.91. The number of unbranched alkanes of at least 4 members (excludes halogenated alkanes) is 4. The smallest absolute Gasteiger partial charge is 0.162 e. The lowest BCUT2D eigenvalue weighted by molar-refractivity contribution is -0.116. The van der Waals surface area contributed by atoms with Gasteiger partial charge in [0.05, 0.1) is 0 Å². The summed E-state index contributed by atoms with van der Waals surface area (Å²) in [4.78, 5) is 12.6. The Morgan fingerprint density at radius 1 is 1.09 bits per heavy atom. The molecule has 1 heterocycles. The quantitative estimate of drug-likeness (QED) is 0.576. The summed E-state index contributed by atoms with van der Waals surface area (Å²) in [7, 11) is 0. The number of benzene rings is 1. The molecule has 0 radical (unpaired) electrons. The van der Waals surface area contributed by atoms with E-state index in [2.05, 4.69) is 32.9 Å². The molecule has 1 aliphatic heterocycles. The highest BCUT2D eigenvalue weighted by Gasteiger charge is 2.24. The predicted octanol–water partition coefficient (Wildman–Crippen LogP) is 5.70. The number of aryl methyl sites for hydroxylation is 2. The second-order valence-corrected chi connectivity index (χ2v) is 6.67. The molecule has 126 valence electrons. The maximum atomic E-state index is 12.6. The van der Waals surface area contributed by atoms with E-state index in [4.69, 9.17) is 4.74 Å². The average molecular weight is 314 g/mol. The zero-order valence-electron chi connectivity index (χ0n) is 15.1. The van der Waals surface area contributed by atoms with Gasteiger partial charge in [-0.05, 0) is 37.8 Å². The van der Waals surface area contributed by atoms with Crippen LogP contribution in [0.1, 0.15) is 76.0 Å². The standard InChI is InChI=1S/C21H30O2/c1-5-7-8-9-10-11-20(22)19-14-18-13-15(3)12-17(6-2)21(18)23-16(19)4/h12-13H,5-11,14H2,1-4H3. The van der Waals surface area contributed by atoms with Crippen LogP contribution >= 0.6 is 0 Å². The van der Waals surface area contributed by atoms with E-state index < -0.39 is 0 Å². The molecular weight excluding hydrogens is 284 g/mol. The average Bonchev–Trinajstić information content (AvgIpc) is 2.53. The molecule has 23 heavy (non-hydrogen) atoms. The van der Waals surface area contributed by atoms with E-state index in [9.17, 15) is 4.79 Å². The van der Waals surface area contributed by atoms with Crippen molar-refractivity contribution in [2.45, 2.75) is 79.1 Å². The maximum absolute atomic E-state index is 12.6. The summed E-state index contributed by atoms with van der Waals surface area (Å²) in [6, 6.07) is 4.35. The summed E-state index contributed by atoms with van der Waals surface area (Å²) >= 11 is 0. The fraction of sp³-hybridized carbons (Fsp3) is 0.571. The molecule has 0 aliphatic carbocycles. The highest BCUT2D eigenvalue weighted by Crippen LogP contribution is 2.35. The molecule has 0 saturated carbocycles. The molecule has 0 fully saturated rings. The van der Waals surface area contributed by atoms with Crippen molar-refractivity contribution in [3.8, 4) is 5.75 Å². The van der Waals surface area contributed by atoms with Crippen molar-refractivity contribution >= 4 is 5.78 Å². The van der Waals surface area contributed by atoms with Crippen LogP contribution in [-0.2, 0) is 17.6 Å². The van der Waals surface area contributed by atoms with Gasteiger partial charge in [0, 0.05) is 18.4 Å². The van der Waals surface area contributed by atoms with Gasteiger partial charge in [0.25, 0.3) is 0 Å². The van der Waals surface area contributed by atoms with E-state index in [1.165, 1.54) is 36.0 Å². The van der Waals surface area contributed by atoms with E-state index in [1.54, 1.807) is 0 Å². The predicted molar refractivity (Wildman–Crippen MR) is 96.0 cm³/mol. The molecule has 1 aromatic carbocycles. The van der Waals surface area contributed by atoms with Gasteiger partial charge in [-0.15, -0.1) is 0 Å². The van der Waals surface area contributed by atoms with Crippen LogP contribution in [0.3, 0.4) is 0 Å². The van der Waals surface area contributed by atoms with Crippen molar-refractivity contribution in [2.75, 3.05) is 0 Å². The molecular formula is C21H30O2. The minimum absolute atomic E-state index is 0.268. The first-order chi connectivity index (χ1) is 11.1. The topological polar surface area (TPSA) is 26.3 Å². The van der Waals surface area contributed by atoms with Gasteiger partial charge in [0.2, 0.25) is 0 Å². The van der Waals surface area contributed by atoms with Gasteiger partial charge in [-0.2, -0.15) is 0 Å². The van der Waals surface area contributed by atoms with Gasteiger partial charge in [-0.25, -0.2) is 0 Å². The summed E-state index contributed by atoms with van der Waals surface area (Å²) < 4.78 is 6.05. The van der Waals surface area contributed by atoms with Gasteiger partial charge < -0.3 is 4.74 Å². The highest BCUT2D eigenvalue weighted by atomic mass is 16.5. The Morgan fingerprint density at radius 3 is 2.52 bits per heavy atom. The lowest BCUT2D eigenvalue weighted by Crippen LogP contribution is -2.16. The van der Waals surface area contributed by atoms with Gasteiger partial charge in [-0.1, -0.05) is 57.2 Å². The van der Waals surface area contributed by atoms with Crippen molar-refractivity contribution in [2.24, 2.45) is 0 Å². The normalized spacial score (nSPS) is 13.7. The summed E-state index contributed by atoms with van der Waals surface area (Å²) in [6.07, 6.45) is 8.23. The zero-order valence-corrected chi connectivity index (χ0v) is 15.1. The van der Waals surface area contributed by atoms with E-state index in [0.717, 1.165) is 42.8 Å². The number of carbonyl (C=O) groups is 1. The number of ether oxygens (including phenoxy) is 1. The number of fused-ring (bicyclic) bond motifs is 1. The van der Waals surface area contributed by atoms with E-state index in [0.29, 0.717) is 6.42 Å². The largest absolute Gasteiger partial charge is 0.461 e. The first kappa shape index (κ1) is 17.8. The van der Waals surface area contributed by atoms with E-state index >= 15 is 0 Å². The van der Waals surface area contributed by atoms with E-state index in [1.807, 2.05) is 6.92 Å². The maximum Gasteiger partial charge on any atom is 0.162 e. The fourth-order valence-electron chi connectivity index (χ4n) is 3.32. The summed E-state index contributed by atoms with van der Waals surface area (Å²) in [5, 5.41) is 0. The minimum Gasteiger partial charge on any atom is -0.461 e. The van der Waals surface area contributed by atoms with Gasteiger partial charge >= 0.3 is 0 Å². The van der Waals surface area contributed by atoms with E-state index in [-0.39, 0.29) is 5.78 Å². The van der Waals surface area contributed by atoms with Crippen molar-refractivity contribution < 1.29 is 9.53 Å². The molecule has 0 amide bonds. The van der Waals surface area contributed by atoms with Crippen LogP contribution in [0.25, 0.3) is 0 Å². The molecule has 0 unspecified atom stereocenters. The molecule has 2 rings (SSSR count). The Bertz CT molecular complexity index is 596. The van der Waals surface area contributed by atoms with Crippen LogP contribution in [-0.4, -0.2) is 5.78 Å². The summed E-state index contributed by atoms with van der Waals surface area (Å²) in [6.45, 7) is 8.41. The van der Waals surface area contributed by atoms with Crippen LogP contribution in [0.4, 0.5) is 0 Å². The first-order valence-electron chi connectivity index (χ1n) is 9.10. The third-order valence-electron chi connectivity index (χ3n) is 4.66. The molecule has 0 aromatic heterocycles. The molecule has 1 aromatic rings. The Labute approximate surface area is 140 Å². The van der Waals surface area contributed by atoms with Gasteiger partial charge in [0.15, 0.2) is 5.78 Å². The summed E-state index contributed by atoms with van der Waals surface area (Å²) in [5.74, 6) is 2.05. The number of hydrogen-bond acceptors (Lipinski definition) is 2. The Morgan fingerprint density at radius 2 is 1.83 bits per heavy atom. The Kier molecular flexibility index (Phi) is 6.44. The third-order valence-corrected chi connectivity index (χ3v) is 4.66. The van der Waals surface area contributed by atoms with Gasteiger partial charge in [-0.3, -0.25) is 4.79 Å². The molecule has 1 aliphatic rings. The van der Waals surface area contributed by atoms with Crippen LogP contribution in [0.2, 0.25) is 0 Å². The molecule has 0 bridgehead atoms. The molecule has 0 saturated heterocycles. The minimum atomic E-state index is 0.268. The second-order valence-electron chi connectivity index (χ2n) is 6.67. The molecule has 2 heteroatoms. The van der Waals surface area contributed by atoms with Crippen LogP contribution < -0.4 is 4.74 Å². The third kappa shape index (κ3) is 4.46. The van der Waals surface area contributed by atoms with Crippen LogP contribution in [0.5, 0.6) is 5.75 Å². The number of Topliss-reactive ketones (excluding diaryl/α,β-unsaturated/α-hetero) is 1. The molecule has 0 N–H and O–H groups in total. The number of allylic oxidation sites excluding steroid dienone is 2. The Balaban J connectivity index is 2.05. The van der Waals surface area contributed by atoms with Crippen LogP contribution in [0.15, 0.2) is 23.5 Å². The molecule has 0 spiro atoms. The number of rotatable bonds is 8. The monoisotopic (exact) mass is 314 g/mol. The SMILES string of the molecule is CCCCCCCC(=O)C1=C(C)Oc2c(CC)cc(C)cc2C1. The van der Waals surface area contributed by atoms with Crippen LogP contribution in [0, 0.1) is 6.92 Å². The highest BCUT2D eigenvalue weighted by molar-refractivity contribution is 5.96. The summed E-state index contributed by atoms with van der Waals surface area (Å²) in [5.41, 5.74) is 4.53. The zero-order chi connectivity index (χ0) is 16.8. The van der Waals surface area contributed by atoms with Crippen molar-refractivity contribution in [1.29, 1.82) is 0 Å². The molecule has 0 atom stereocenters. The Hall–Kier alpha value is -1.57. The number of ketones is 1. The van der Waals surface area contributed by atoms with Crippen molar-refractivity contribution in [3.63, 3.8) is 0 Å². The van der Waals surface area contributed by atoms with Crippen molar-refractivity contribution in [1.82, 2.24) is 0 Å². The first-order valence-corrected chi connectivity index (χ1v) is 9.10. The number of hydrogen-bond donors (Lipinski definition) is 0. The fourth-order valence-corrected chi connectivity index (χ4v) is 3.32. The second kappa shape index (κ2) is 8.33. The molecule has 2 nitrogen and oxygen atoms in total. The number of carbonyl (C=O) groups excluding carboxylic acids is 1. The van der Waals surface area contributed by atoms with Gasteiger partial charge in [0.1, 0.15) is 11.5 Å². The van der Waals surface area contributed by atoms with Crippen molar-refractivity contribution in [3.05, 3.63) is 40.2 Å².